The summed E-state index contributed by atoms with van der Waals surface area (Å²) in [5.41, 5.74) is 1.06. The lowest BCUT2D eigenvalue weighted by molar-refractivity contribution is -0.121. The largest absolute Gasteiger partial charge is 0.300 e. The number of hydrogen-bond acceptors (Lipinski definition) is 2. The Morgan fingerprint density at radius 1 is 1.22 bits per heavy atom. The van der Waals surface area contributed by atoms with Crippen molar-refractivity contribution >= 4 is 12.1 Å². The predicted molar refractivity (Wildman–Crippen MR) is 73.0 cm³/mol. The van der Waals surface area contributed by atoms with E-state index in [1.54, 1.807) is 0 Å². The molecule has 0 heterocycles. The summed E-state index contributed by atoms with van der Waals surface area (Å²) in [5.74, 6) is -0.172. The molecule has 0 aliphatic carbocycles. The molecule has 0 N–H and O–H groups in total. The molecule has 0 fully saturated rings. The van der Waals surface area contributed by atoms with Crippen LogP contribution in [0.5, 0.6) is 0 Å². The molecule has 1 aromatic rings. The Hall–Kier alpha value is -1.44. The second-order valence-electron chi connectivity index (χ2n) is 5.98. The molecule has 18 heavy (non-hydrogen) atoms. The van der Waals surface area contributed by atoms with Crippen LogP contribution in [0.25, 0.3) is 0 Å². The van der Waals surface area contributed by atoms with Crippen molar-refractivity contribution in [1.82, 2.24) is 0 Å². The summed E-state index contributed by atoms with van der Waals surface area (Å²) in [5, 5.41) is 0. The van der Waals surface area contributed by atoms with Gasteiger partial charge in [0.05, 0.1) is 0 Å². The quantitative estimate of drug-likeness (QED) is 0.770. The van der Waals surface area contributed by atoms with Gasteiger partial charge in [-0.1, -0.05) is 51.1 Å². The van der Waals surface area contributed by atoms with Crippen LogP contribution in [-0.2, 0) is 16.0 Å². The third kappa shape index (κ3) is 5.76. The lowest BCUT2D eigenvalue weighted by atomic mass is 9.86. The molecule has 97 valence electrons. The first-order valence-electron chi connectivity index (χ1n) is 6.34. The molecule has 0 aliphatic rings. The fourth-order valence-electron chi connectivity index (χ4n) is 1.99. The van der Waals surface area contributed by atoms with Crippen LogP contribution in [0, 0.1) is 11.3 Å². The van der Waals surface area contributed by atoms with Gasteiger partial charge < -0.3 is 0 Å². The third-order valence-electron chi connectivity index (χ3n) is 2.69. The Kier molecular flexibility index (Phi) is 5.26. The zero-order chi connectivity index (χ0) is 13.6. The Labute approximate surface area is 109 Å². The highest BCUT2D eigenvalue weighted by atomic mass is 16.1. The van der Waals surface area contributed by atoms with E-state index in [9.17, 15) is 9.59 Å². The second-order valence-corrected chi connectivity index (χ2v) is 5.98. The molecule has 0 saturated carbocycles. The van der Waals surface area contributed by atoms with Crippen molar-refractivity contribution in [2.24, 2.45) is 11.3 Å². The number of benzene rings is 1. The van der Waals surface area contributed by atoms with Crippen LogP contribution in [-0.4, -0.2) is 12.1 Å². The standard InChI is InChI=1S/C16H21O2/c1-16(2,3)11-15(18)10-14(12-17)9-13-7-5-4-6-8-13/h4-8,14H,9-11H2,1-3H3/t14-/m1/s1. The maximum atomic E-state index is 11.8. The molecule has 0 amide bonds. The average Bonchev–Trinajstić information content (AvgIpc) is 2.27. The Bertz CT molecular complexity index is 387. The Balaban J connectivity index is 2.53. The van der Waals surface area contributed by atoms with Gasteiger partial charge in [-0.15, -0.1) is 0 Å². The van der Waals surface area contributed by atoms with Gasteiger partial charge in [0.2, 0.25) is 6.29 Å². The number of hydrogen-bond donors (Lipinski definition) is 0. The number of ketones is 1. The first kappa shape index (κ1) is 14.6. The normalized spacial score (nSPS) is 13.1. The highest BCUT2D eigenvalue weighted by Crippen LogP contribution is 2.21. The molecule has 1 atom stereocenters. The maximum Gasteiger partial charge on any atom is 0.202 e. The van der Waals surface area contributed by atoms with E-state index in [1.165, 1.54) is 0 Å². The lowest BCUT2D eigenvalue weighted by Gasteiger charge is -2.18. The van der Waals surface area contributed by atoms with Crippen LogP contribution in [0.2, 0.25) is 0 Å². The van der Waals surface area contributed by atoms with Gasteiger partial charge in [-0.2, -0.15) is 0 Å². The van der Waals surface area contributed by atoms with Crippen LogP contribution in [0.1, 0.15) is 39.2 Å². The van der Waals surface area contributed by atoms with Gasteiger partial charge in [0, 0.05) is 18.8 Å². The Morgan fingerprint density at radius 3 is 2.33 bits per heavy atom. The van der Waals surface area contributed by atoms with Crippen LogP contribution in [0.4, 0.5) is 0 Å². The van der Waals surface area contributed by atoms with Crippen LogP contribution < -0.4 is 0 Å². The molecule has 1 aromatic carbocycles. The van der Waals surface area contributed by atoms with Crippen LogP contribution in [0.15, 0.2) is 30.3 Å². The van der Waals surface area contributed by atoms with Gasteiger partial charge in [0.1, 0.15) is 5.78 Å². The first-order valence-corrected chi connectivity index (χ1v) is 6.34. The minimum atomic E-state index is -0.317. The molecule has 0 bridgehead atoms. The first-order chi connectivity index (χ1) is 8.40. The predicted octanol–water partition coefficient (Wildman–Crippen LogP) is 3.35. The highest BCUT2D eigenvalue weighted by Gasteiger charge is 2.20. The van der Waals surface area contributed by atoms with Crippen molar-refractivity contribution in [3.63, 3.8) is 0 Å². The molecule has 0 saturated heterocycles. The van der Waals surface area contributed by atoms with Gasteiger partial charge in [0.25, 0.3) is 0 Å². The molecular formula is C16H21O2. The van der Waals surface area contributed by atoms with Crippen LogP contribution in [0.3, 0.4) is 0 Å². The van der Waals surface area contributed by atoms with E-state index in [2.05, 4.69) is 0 Å². The van der Waals surface area contributed by atoms with Gasteiger partial charge >= 0.3 is 0 Å². The highest BCUT2D eigenvalue weighted by molar-refractivity contribution is 5.81. The summed E-state index contributed by atoms with van der Waals surface area (Å²) in [4.78, 5) is 22.8. The summed E-state index contributed by atoms with van der Waals surface area (Å²) >= 11 is 0. The van der Waals surface area contributed by atoms with Crippen molar-refractivity contribution in [3.8, 4) is 0 Å². The molecule has 0 aliphatic heterocycles. The third-order valence-corrected chi connectivity index (χ3v) is 2.69. The zero-order valence-corrected chi connectivity index (χ0v) is 11.4. The fourth-order valence-corrected chi connectivity index (χ4v) is 1.99. The number of carbonyl (C=O) groups excluding carboxylic acids is 2. The monoisotopic (exact) mass is 245 g/mol. The smallest absolute Gasteiger partial charge is 0.202 e. The summed E-state index contributed by atoms with van der Waals surface area (Å²) in [6.07, 6.45) is 3.41. The number of Topliss-reactive ketones (excluding diaryl/α,β-unsaturated/α-hetero) is 1. The summed E-state index contributed by atoms with van der Waals surface area (Å²) < 4.78 is 0. The number of carbonyl (C=O) groups is 1. The van der Waals surface area contributed by atoms with Gasteiger partial charge in [-0.05, 0) is 17.4 Å². The lowest BCUT2D eigenvalue weighted by Crippen LogP contribution is -2.18. The van der Waals surface area contributed by atoms with E-state index in [-0.39, 0.29) is 17.1 Å². The SMILES string of the molecule is CC(C)(C)CC(=O)C[C@H]([C]=O)Cc1ccccc1. The summed E-state index contributed by atoms with van der Waals surface area (Å²) in [6.45, 7) is 6.09. The van der Waals surface area contributed by atoms with Crippen molar-refractivity contribution in [2.75, 3.05) is 0 Å². The second kappa shape index (κ2) is 6.48. The fraction of sp³-hybridized carbons (Fsp3) is 0.500. The van der Waals surface area contributed by atoms with Gasteiger partial charge in [-0.25, -0.2) is 0 Å². The summed E-state index contributed by atoms with van der Waals surface area (Å²) in [6, 6.07) is 9.76. The molecule has 0 unspecified atom stereocenters. The Morgan fingerprint density at radius 2 is 1.83 bits per heavy atom. The topological polar surface area (TPSA) is 34.1 Å². The molecule has 2 heteroatoms. The van der Waals surface area contributed by atoms with E-state index >= 15 is 0 Å². The zero-order valence-electron chi connectivity index (χ0n) is 11.4. The molecule has 0 spiro atoms. The van der Waals surface area contributed by atoms with Crippen LogP contribution >= 0.6 is 0 Å². The van der Waals surface area contributed by atoms with Crippen molar-refractivity contribution in [1.29, 1.82) is 0 Å². The molecular weight excluding hydrogens is 224 g/mol. The number of rotatable bonds is 6. The molecule has 1 rings (SSSR count). The van der Waals surface area contributed by atoms with Crippen molar-refractivity contribution in [3.05, 3.63) is 35.9 Å². The van der Waals surface area contributed by atoms with E-state index in [1.807, 2.05) is 57.4 Å². The average molecular weight is 245 g/mol. The summed E-state index contributed by atoms with van der Waals surface area (Å²) in [7, 11) is 0. The molecule has 0 aromatic heterocycles. The van der Waals surface area contributed by atoms with E-state index in [0.29, 0.717) is 19.3 Å². The molecule has 1 radical (unpaired) electrons. The minimum absolute atomic E-state index is 0.0166. The maximum absolute atomic E-state index is 11.8. The minimum Gasteiger partial charge on any atom is -0.300 e. The molecule has 2 nitrogen and oxygen atoms in total. The van der Waals surface area contributed by atoms with E-state index in [4.69, 9.17) is 0 Å². The van der Waals surface area contributed by atoms with Crippen molar-refractivity contribution in [2.45, 2.75) is 40.0 Å². The van der Waals surface area contributed by atoms with Gasteiger partial charge in [-0.3, -0.25) is 9.59 Å². The van der Waals surface area contributed by atoms with E-state index < -0.39 is 0 Å². The van der Waals surface area contributed by atoms with Crippen molar-refractivity contribution < 1.29 is 9.59 Å². The van der Waals surface area contributed by atoms with Gasteiger partial charge in [0.15, 0.2) is 0 Å². The van der Waals surface area contributed by atoms with E-state index in [0.717, 1.165) is 5.56 Å².